The summed E-state index contributed by atoms with van der Waals surface area (Å²) in [5.41, 5.74) is 6.41. The Morgan fingerprint density at radius 1 is 1.69 bits per heavy atom. The van der Waals surface area contributed by atoms with E-state index < -0.39 is 0 Å². The van der Waals surface area contributed by atoms with Crippen LogP contribution in [0.4, 0.5) is 0 Å². The molecule has 1 aromatic rings. The molecule has 0 aliphatic heterocycles. The Bertz CT molecular complexity index is 268. The standard InChI is InChI=1S/C9H16N2OS/c1-7-4-13-8(11-7)3-9(2,5-10)6-12/h4,12H,3,5-6,10H2,1-2H3. The van der Waals surface area contributed by atoms with Crippen LogP contribution in [0.5, 0.6) is 0 Å². The largest absolute Gasteiger partial charge is 0.396 e. The summed E-state index contributed by atoms with van der Waals surface area (Å²) >= 11 is 1.63. The smallest absolute Gasteiger partial charge is 0.0934 e. The molecule has 0 radical (unpaired) electrons. The van der Waals surface area contributed by atoms with Crippen molar-refractivity contribution in [3.05, 3.63) is 16.1 Å². The van der Waals surface area contributed by atoms with Crippen LogP contribution >= 0.6 is 11.3 Å². The van der Waals surface area contributed by atoms with E-state index in [1.165, 1.54) is 0 Å². The Kier molecular flexibility index (Phi) is 3.41. The number of aromatic nitrogens is 1. The fourth-order valence-corrected chi connectivity index (χ4v) is 2.03. The topological polar surface area (TPSA) is 59.1 Å². The number of nitrogens with two attached hydrogens (primary N) is 1. The highest BCUT2D eigenvalue weighted by molar-refractivity contribution is 7.09. The van der Waals surface area contributed by atoms with Gasteiger partial charge in [-0.15, -0.1) is 11.3 Å². The molecular formula is C9H16N2OS. The quantitative estimate of drug-likeness (QED) is 0.761. The van der Waals surface area contributed by atoms with Crippen LogP contribution in [0.1, 0.15) is 17.6 Å². The Labute approximate surface area is 82.6 Å². The van der Waals surface area contributed by atoms with Crippen molar-refractivity contribution in [2.45, 2.75) is 20.3 Å². The van der Waals surface area contributed by atoms with Crippen LogP contribution in [0.25, 0.3) is 0 Å². The molecule has 0 amide bonds. The molecule has 1 rings (SSSR count). The molecule has 74 valence electrons. The number of rotatable bonds is 4. The van der Waals surface area contributed by atoms with Crippen molar-refractivity contribution in [1.29, 1.82) is 0 Å². The van der Waals surface area contributed by atoms with E-state index in [2.05, 4.69) is 4.98 Å². The monoisotopic (exact) mass is 200 g/mol. The third kappa shape index (κ3) is 2.76. The van der Waals surface area contributed by atoms with Crippen molar-refractivity contribution in [2.75, 3.05) is 13.2 Å². The lowest BCUT2D eigenvalue weighted by molar-refractivity contribution is 0.149. The number of aliphatic hydroxyl groups is 1. The highest BCUT2D eigenvalue weighted by Gasteiger charge is 2.23. The Balaban J connectivity index is 2.67. The molecule has 3 nitrogen and oxygen atoms in total. The number of hydrogen-bond donors (Lipinski definition) is 2. The zero-order valence-corrected chi connectivity index (χ0v) is 8.90. The van der Waals surface area contributed by atoms with Crippen molar-refractivity contribution in [3.63, 3.8) is 0 Å². The summed E-state index contributed by atoms with van der Waals surface area (Å²) in [5.74, 6) is 0. The van der Waals surface area contributed by atoms with Crippen LogP contribution in [0.15, 0.2) is 5.38 Å². The zero-order valence-electron chi connectivity index (χ0n) is 8.08. The molecule has 1 atom stereocenters. The molecule has 0 saturated carbocycles. The van der Waals surface area contributed by atoms with Crippen molar-refractivity contribution in [3.8, 4) is 0 Å². The molecule has 0 saturated heterocycles. The third-order valence-corrected chi connectivity index (χ3v) is 3.09. The van der Waals surface area contributed by atoms with E-state index in [1.54, 1.807) is 11.3 Å². The first-order chi connectivity index (χ1) is 6.09. The van der Waals surface area contributed by atoms with Crippen LogP contribution in [-0.2, 0) is 6.42 Å². The number of aryl methyl sites for hydroxylation is 1. The Hall–Kier alpha value is -0.450. The van der Waals surface area contributed by atoms with Gasteiger partial charge in [-0.05, 0) is 6.92 Å². The van der Waals surface area contributed by atoms with E-state index in [0.29, 0.717) is 6.54 Å². The van der Waals surface area contributed by atoms with Gasteiger partial charge in [0.1, 0.15) is 0 Å². The van der Waals surface area contributed by atoms with Crippen LogP contribution in [0.2, 0.25) is 0 Å². The molecule has 0 fully saturated rings. The van der Waals surface area contributed by atoms with Crippen LogP contribution in [0, 0.1) is 12.3 Å². The fourth-order valence-electron chi connectivity index (χ4n) is 1.04. The van der Waals surface area contributed by atoms with E-state index in [-0.39, 0.29) is 12.0 Å². The van der Waals surface area contributed by atoms with E-state index >= 15 is 0 Å². The first kappa shape index (κ1) is 10.6. The SMILES string of the molecule is Cc1csc(CC(C)(CN)CO)n1. The van der Waals surface area contributed by atoms with Crippen molar-refractivity contribution >= 4 is 11.3 Å². The van der Waals surface area contributed by atoms with Gasteiger partial charge in [0.25, 0.3) is 0 Å². The summed E-state index contributed by atoms with van der Waals surface area (Å²) in [7, 11) is 0. The maximum Gasteiger partial charge on any atom is 0.0934 e. The molecule has 0 aromatic carbocycles. The van der Waals surface area contributed by atoms with Crippen LogP contribution in [0.3, 0.4) is 0 Å². The highest BCUT2D eigenvalue weighted by atomic mass is 32.1. The second-order valence-electron chi connectivity index (χ2n) is 3.73. The minimum absolute atomic E-state index is 0.113. The normalized spacial score (nSPS) is 15.7. The van der Waals surface area contributed by atoms with Gasteiger partial charge in [-0.25, -0.2) is 4.98 Å². The van der Waals surface area contributed by atoms with Crippen molar-refractivity contribution < 1.29 is 5.11 Å². The second kappa shape index (κ2) is 4.17. The first-order valence-corrected chi connectivity index (χ1v) is 5.19. The average molecular weight is 200 g/mol. The van der Waals surface area contributed by atoms with Gasteiger partial charge in [0.05, 0.1) is 11.6 Å². The summed E-state index contributed by atoms with van der Waals surface area (Å²) in [6, 6.07) is 0. The number of nitrogens with zero attached hydrogens (tertiary/aromatic N) is 1. The first-order valence-electron chi connectivity index (χ1n) is 4.31. The molecule has 3 N–H and O–H groups in total. The summed E-state index contributed by atoms with van der Waals surface area (Å²) in [4.78, 5) is 4.34. The summed E-state index contributed by atoms with van der Waals surface area (Å²) in [6.07, 6.45) is 0.762. The molecule has 0 aliphatic carbocycles. The molecule has 0 aliphatic rings. The van der Waals surface area contributed by atoms with Crippen molar-refractivity contribution in [2.24, 2.45) is 11.1 Å². The minimum atomic E-state index is -0.218. The fraction of sp³-hybridized carbons (Fsp3) is 0.667. The highest BCUT2D eigenvalue weighted by Crippen LogP contribution is 2.22. The summed E-state index contributed by atoms with van der Waals surface area (Å²) in [6.45, 7) is 4.55. The van der Waals surface area contributed by atoms with Gasteiger partial charge in [0, 0.05) is 29.5 Å². The lowest BCUT2D eigenvalue weighted by atomic mass is 9.88. The van der Waals surface area contributed by atoms with E-state index in [4.69, 9.17) is 10.8 Å². The second-order valence-corrected chi connectivity index (χ2v) is 4.67. The summed E-state index contributed by atoms with van der Waals surface area (Å²) < 4.78 is 0. The van der Waals surface area contributed by atoms with Gasteiger partial charge < -0.3 is 10.8 Å². The maximum absolute atomic E-state index is 9.15. The number of hydrogen-bond acceptors (Lipinski definition) is 4. The van der Waals surface area contributed by atoms with Gasteiger partial charge in [-0.2, -0.15) is 0 Å². The molecule has 1 aromatic heterocycles. The Morgan fingerprint density at radius 2 is 2.38 bits per heavy atom. The summed E-state index contributed by atoms with van der Waals surface area (Å²) in [5, 5.41) is 12.2. The molecular weight excluding hydrogens is 184 g/mol. The number of thiazole rings is 1. The van der Waals surface area contributed by atoms with E-state index in [1.807, 2.05) is 19.2 Å². The van der Waals surface area contributed by atoms with Crippen molar-refractivity contribution in [1.82, 2.24) is 4.98 Å². The minimum Gasteiger partial charge on any atom is -0.396 e. The van der Waals surface area contributed by atoms with Gasteiger partial charge >= 0.3 is 0 Å². The molecule has 13 heavy (non-hydrogen) atoms. The Morgan fingerprint density at radius 3 is 2.77 bits per heavy atom. The van der Waals surface area contributed by atoms with Crippen LogP contribution in [-0.4, -0.2) is 23.2 Å². The van der Waals surface area contributed by atoms with E-state index in [0.717, 1.165) is 17.1 Å². The molecule has 0 bridgehead atoms. The van der Waals surface area contributed by atoms with Gasteiger partial charge in [-0.3, -0.25) is 0 Å². The molecule has 4 heteroatoms. The third-order valence-electron chi connectivity index (χ3n) is 2.12. The van der Waals surface area contributed by atoms with Gasteiger partial charge in [-0.1, -0.05) is 6.92 Å². The van der Waals surface area contributed by atoms with Gasteiger partial charge in [0.15, 0.2) is 0 Å². The predicted molar refractivity (Wildman–Crippen MR) is 54.8 cm³/mol. The average Bonchev–Trinajstić information content (AvgIpc) is 2.51. The maximum atomic E-state index is 9.15. The zero-order chi connectivity index (χ0) is 9.90. The molecule has 1 unspecified atom stereocenters. The molecule has 1 heterocycles. The van der Waals surface area contributed by atoms with Crippen LogP contribution < -0.4 is 5.73 Å². The lowest BCUT2D eigenvalue weighted by Gasteiger charge is -2.23. The molecule has 0 spiro atoms. The lowest BCUT2D eigenvalue weighted by Crippen LogP contribution is -2.33. The van der Waals surface area contributed by atoms with Gasteiger partial charge in [0.2, 0.25) is 0 Å². The van der Waals surface area contributed by atoms with E-state index in [9.17, 15) is 0 Å². The predicted octanol–water partition coefficient (Wildman–Crippen LogP) is 0.951. The number of aliphatic hydroxyl groups excluding tert-OH is 1.